The van der Waals surface area contributed by atoms with E-state index >= 15 is 0 Å². The summed E-state index contributed by atoms with van der Waals surface area (Å²) in [5, 5.41) is 6.03. The topological polar surface area (TPSA) is 30.7 Å². The molecule has 36 heavy (non-hydrogen) atoms. The number of fused-ring (bicyclic) bond motifs is 10. The van der Waals surface area contributed by atoms with Crippen LogP contribution in [0, 0.1) is 0 Å². The van der Waals surface area contributed by atoms with Gasteiger partial charge in [-0.15, -0.1) is 0 Å². The van der Waals surface area contributed by atoms with E-state index in [2.05, 4.69) is 103 Å². The first kappa shape index (κ1) is 19.8. The first-order valence-corrected chi connectivity index (χ1v) is 12.4. The average molecular weight is 462 g/mol. The Morgan fingerprint density at radius 3 is 2.39 bits per heavy atom. The van der Waals surface area contributed by atoms with Crippen LogP contribution in [0.15, 0.2) is 103 Å². The van der Waals surface area contributed by atoms with Crippen molar-refractivity contribution in [2.24, 2.45) is 0 Å². The first-order valence-electron chi connectivity index (χ1n) is 12.4. The van der Waals surface area contributed by atoms with Gasteiger partial charge in [0.1, 0.15) is 0 Å². The molecule has 1 aliphatic rings. The summed E-state index contributed by atoms with van der Waals surface area (Å²) in [6.45, 7) is 4.71. The van der Waals surface area contributed by atoms with Crippen LogP contribution in [-0.2, 0) is 5.41 Å². The SMILES string of the molecule is CC1(C)c2ccccc2-c2ccc3ccc4c5ccccc5n(-c5ncc6ccccc6n5)c4c3c21. The Hall–Kier alpha value is -4.50. The Balaban J connectivity index is 1.60. The number of nitrogens with zero attached hydrogens (tertiary/aromatic N) is 3. The lowest BCUT2D eigenvalue weighted by molar-refractivity contribution is 0.666. The third-order valence-electron chi connectivity index (χ3n) is 8.01. The molecule has 5 aromatic carbocycles. The summed E-state index contributed by atoms with van der Waals surface area (Å²) in [6, 6.07) is 34.8. The fourth-order valence-corrected chi connectivity index (χ4v) is 6.42. The van der Waals surface area contributed by atoms with Crippen LogP contribution in [0.3, 0.4) is 0 Å². The highest BCUT2D eigenvalue weighted by Crippen LogP contribution is 2.53. The Kier molecular flexibility index (Phi) is 3.73. The lowest BCUT2D eigenvalue weighted by atomic mass is 9.80. The van der Waals surface area contributed by atoms with Crippen molar-refractivity contribution in [2.75, 3.05) is 0 Å². The van der Waals surface area contributed by atoms with E-state index in [1.165, 1.54) is 49.3 Å². The molecule has 2 heterocycles. The molecule has 3 heteroatoms. The van der Waals surface area contributed by atoms with Gasteiger partial charge in [-0.05, 0) is 39.8 Å². The fourth-order valence-electron chi connectivity index (χ4n) is 6.42. The van der Waals surface area contributed by atoms with Gasteiger partial charge in [-0.25, -0.2) is 9.97 Å². The van der Waals surface area contributed by atoms with Gasteiger partial charge in [0.25, 0.3) is 0 Å². The number of rotatable bonds is 1. The van der Waals surface area contributed by atoms with Crippen molar-refractivity contribution < 1.29 is 0 Å². The zero-order chi connectivity index (χ0) is 24.0. The molecule has 0 N–H and O–H groups in total. The summed E-state index contributed by atoms with van der Waals surface area (Å²) in [7, 11) is 0. The van der Waals surface area contributed by atoms with Gasteiger partial charge in [0.05, 0.1) is 16.6 Å². The van der Waals surface area contributed by atoms with Crippen LogP contribution in [0.25, 0.3) is 60.6 Å². The Labute approximate surface area is 208 Å². The van der Waals surface area contributed by atoms with Crippen LogP contribution < -0.4 is 0 Å². The normalized spacial score (nSPS) is 14.1. The Bertz CT molecular complexity index is 2030. The van der Waals surface area contributed by atoms with E-state index in [1.807, 2.05) is 18.3 Å². The zero-order valence-corrected chi connectivity index (χ0v) is 20.2. The molecule has 0 fully saturated rings. The van der Waals surface area contributed by atoms with Gasteiger partial charge in [-0.3, -0.25) is 4.57 Å². The molecule has 170 valence electrons. The van der Waals surface area contributed by atoms with Gasteiger partial charge in [0, 0.05) is 33.2 Å². The largest absolute Gasteiger partial charge is 0.277 e. The maximum atomic E-state index is 5.05. The predicted molar refractivity (Wildman–Crippen MR) is 149 cm³/mol. The molecule has 8 rings (SSSR count). The maximum absolute atomic E-state index is 5.05. The van der Waals surface area contributed by atoms with Gasteiger partial charge in [0.2, 0.25) is 5.95 Å². The summed E-state index contributed by atoms with van der Waals surface area (Å²) in [5.74, 6) is 0.707. The molecule has 3 nitrogen and oxygen atoms in total. The molecule has 0 bridgehead atoms. The molecule has 0 atom stereocenters. The Morgan fingerprint density at radius 1 is 0.667 bits per heavy atom. The summed E-state index contributed by atoms with van der Waals surface area (Å²) in [5.41, 5.74) is 8.57. The van der Waals surface area contributed by atoms with Gasteiger partial charge in [0.15, 0.2) is 0 Å². The van der Waals surface area contributed by atoms with Crippen LogP contribution in [-0.4, -0.2) is 14.5 Å². The minimum absolute atomic E-state index is 0.120. The van der Waals surface area contributed by atoms with Crippen molar-refractivity contribution in [2.45, 2.75) is 19.3 Å². The predicted octanol–water partition coefficient (Wildman–Crippen LogP) is 8.19. The highest BCUT2D eigenvalue weighted by Gasteiger charge is 2.37. The highest BCUT2D eigenvalue weighted by molar-refractivity contribution is 6.20. The van der Waals surface area contributed by atoms with E-state index in [0.29, 0.717) is 5.95 Å². The third kappa shape index (κ3) is 2.42. The van der Waals surface area contributed by atoms with Crippen LogP contribution in [0.5, 0.6) is 0 Å². The molecular weight excluding hydrogens is 438 g/mol. The lowest BCUT2D eigenvalue weighted by Crippen LogP contribution is -2.16. The van der Waals surface area contributed by atoms with Gasteiger partial charge >= 0.3 is 0 Å². The summed E-state index contributed by atoms with van der Waals surface area (Å²) in [6.07, 6.45) is 1.94. The molecular formula is C33H23N3. The minimum atomic E-state index is -0.120. The molecule has 7 aromatic rings. The lowest BCUT2D eigenvalue weighted by Gasteiger charge is -2.24. The molecule has 0 amide bonds. The van der Waals surface area contributed by atoms with Crippen molar-refractivity contribution in [3.8, 4) is 17.1 Å². The highest BCUT2D eigenvalue weighted by atomic mass is 15.2. The van der Waals surface area contributed by atoms with Crippen LogP contribution in [0.2, 0.25) is 0 Å². The van der Waals surface area contributed by atoms with Crippen molar-refractivity contribution in [3.63, 3.8) is 0 Å². The quantitative estimate of drug-likeness (QED) is 0.247. The monoisotopic (exact) mass is 461 g/mol. The molecule has 0 saturated carbocycles. The van der Waals surface area contributed by atoms with Crippen molar-refractivity contribution in [1.29, 1.82) is 0 Å². The zero-order valence-electron chi connectivity index (χ0n) is 20.2. The van der Waals surface area contributed by atoms with E-state index in [0.717, 1.165) is 16.4 Å². The van der Waals surface area contributed by atoms with Crippen molar-refractivity contribution in [3.05, 3.63) is 114 Å². The minimum Gasteiger partial charge on any atom is -0.277 e. The Morgan fingerprint density at radius 2 is 1.44 bits per heavy atom. The smallest absolute Gasteiger partial charge is 0.235 e. The van der Waals surface area contributed by atoms with E-state index < -0.39 is 0 Å². The van der Waals surface area contributed by atoms with E-state index in [-0.39, 0.29) is 5.41 Å². The molecule has 0 saturated heterocycles. The summed E-state index contributed by atoms with van der Waals surface area (Å²) >= 11 is 0. The molecule has 0 unspecified atom stereocenters. The number of hydrogen-bond donors (Lipinski definition) is 0. The average Bonchev–Trinajstić information content (AvgIpc) is 3.38. The molecule has 0 spiro atoms. The first-order chi connectivity index (χ1) is 17.6. The van der Waals surface area contributed by atoms with Crippen molar-refractivity contribution >= 4 is 43.5 Å². The van der Waals surface area contributed by atoms with Crippen LogP contribution >= 0.6 is 0 Å². The van der Waals surface area contributed by atoms with E-state index in [9.17, 15) is 0 Å². The second-order valence-corrected chi connectivity index (χ2v) is 10.3. The molecule has 2 aromatic heterocycles. The van der Waals surface area contributed by atoms with Crippen LogP contribution in [0.4, 0.5) is 0 Å². The van der Waals surface area contributed by atoms with Crippen molar-refractivity contribution in [1.82, 2.24) is 14.5 Å². The number of aromatic nitrogens is 3. The summed E-state index contributed by atoms with van der Waals surface area (Å²) in [4.78, 5) is 9.92. The number of para-hydroxylation sites is 2. The summed E-state index contributed by atoms with van der Waals surface area (Å²) < 4.78 is 2.28. The standard InChI is InChI=1S/C33H23N3/c1-33(2)26-12-6-4-10-22(26)24-17-15-20-16-18-25-23-11-5-8-14-28(23)36(31(25)29(20)30(24)33)32-34-19-21-9-3-7-13-27(21)35-32/h3-19H,1-2H3. The molecule has 0 aliphatic heterocycles. The fraction of sp³-hybridized carbons (Fsp3) is 0.0909. The third-order valence-corrected chi connectivity index (χ3v) is 8.01. The van der Waals surface area contributed by atoms with Gasteiger partial charge < -0.3 is 0 Å². The van der Waals surface area contributed by atoms with Crippen LogP contribution in [0.1, 0.15) is 25.0 Å². The van der Waals surface area contributed by atoms with E-state index in [1.54, 1.807) is 0 Å². The second kappa shape index (κ2) is 6.79. The molecule has 1 aliphatic carbocycles. The second-order valence-electron chi connectivity index (χ2n) is 10.3. The number of benzene rings is 5. The maximum Gasteiger partial charge on any atom is 0.235 e. The molecule has 0 radical (unpaired) electrons. The van der Waals surface area contributed by atoms with E-state index in [4.69, 9.17) is 9.97 Å². The van der Waals surface area contributed by atoms with Gasteiger partial charge in [-0.1, -0.05) is 98.8 Å². The van der Waals surface area contributed by atoms with Gasteiger partial charge in [-0.2, -0.15) is 0 Å². The number of hydrogen-bond acceptors (Lipinski definition) is 2.